The molecule has 2 aromatic heterocycles. The number of aromatic amines is 1. The second-order valence-electron chi connectivity index (χ2n) is 6.71. The number of benzene rings is 1. The molecule has 0 aliphatic heterocycles. The Balaban J connectivity index is 1.36. The third kappa shape index (κ3) is 3.64. The molecule has 0 bridgehead atoms. The lowest BCUT2D eigenvalue weighted by atomic mass is 9.94. The topological polar surface area (TPSA) is 74.7 Å². The Morgan fingerprint density at radius 1 is 1.27 bits per heavy atom. The SMILES string of the molecule is O=C(NCc1cccc2[nH]ccc12)Nc1ccnn1C[C@@H]1CC=CCC1. The molecule has 1 atom stereocenters. The summed E-state index contributed by atoms with van der Waals surface area (Å²) in [5.41, 5.74) is 2.16. The standard InChI is InChI=1S/C20H23N5O/c26-20(22-13-16-7-4-8-18-17(16)9-11-21-18)24-19-10-12-23-25(19)14-15-5-2-1-3-6-15/h1-2,4,7-12,15,21H,3,5-6,13-14H2,(H2,22,24,26)/t15-/m1/s1. The second-order valence-corrected chi connectivity index (χ2v) is 6.71. The van der Waals surface area contributed by atoms with E-state index in [1.165, 1.54) is 6.42 Å². The van der Waals surface area contributed by atoms with Crippen LogP contribution in [0.1, 0.15) is 24.8 Å². The molecule has 0 saturated heterocycles. The van der Waals surface area contributed by atoms with E-state index >= 15 is 0 Å². The van der Waals surface area contributed by atoms with Crippen molar-refractivity contribution >= 4 is 22.8 Å². The van der Waals surface area contributed by atoms with Gasteiger partial charge in [-0.15, -0.1) is 0 Å². The van der Waals surface area contributed by atoms with Gasteiger partial charge in [0.2, 0.25) is 0 Å². The number of anilines is 1. The lowest BCUT2D eigenvalue weighted by Gasteiger charge is -2.19. The van der Waals surface area contributed by atoms with E-state index in [1.807, 2.05) is 41.2 Å². The van der Waals surface area contributed by atoms with Crippen molar-refractivity contribution in [2.24, 2.45) is 5.92 Å². The predicted molar refractivity (Wildman–Crippen MR) is 103 cm³/mol. The molecule has 2 heterocycles. The maximum atomic E-state index is 12.3. The average Bonchev–Trinajstić information content (AvgIpc) is 3.31. The number of nitrogens with one attached hydrogen (secondary N) is 3. The van der Waals surface area contributed by atoms with E-state index in [0.29, 0.717) is 12.5 Å². The molecule has 0 unspecified atom stereocenters. The second kappa shape index (κ2) is 7.47. The van der Waals surface area contributed by atoms with E-state index < -0.39 is 0 Å². The van der Waals surface area contributed by atoms with E-state index in [4.69, 9.17) is 0 Å². The third-order valence-corrected chi connectivity index (χ3v) is 4.89. The molecule has 134 valence electrons. The van der Waals surface area contributed by atoms with Crippen LogP contribution in [0.25, 0.3) is 10.9 Å². The number of rotatable bonds is 5. The number of urea groups is 1. The minimum atomic E-state index is -0.220. The molecule has 0 radical (unpaired) electrons. The van der Waals surface area contributed by atoms with E-state index in [9.17, 15) is 4.79 Å². The third-order valence-electron chi connectivity index (χ3n) is 4.89. The predicted octanol–water partition coefficient (Wildman–Crippen LogP) is 4.04. The number of carbonyl (C=O) groups is 1. The van der Waals surface area contributed by atoms with Crippen LogP contribution < -0.4 is 10.6 Å². The average molecular weight is 349 g/mol. The fraction of sp³-hybridized carbons (Fsp3) is 0.300. The summed E-state index contributed by atoms with van der Waals surface area (Å²) in [6.45, 7) is 1.30. The van der Waals surface area contributed by atoms with Crippen molar-refractivity contribution in [3.05, 3.63) is 60.4 Å². The number of nitrogens with zero attached hydrogens (tertiary/aromatic N) is 2. The summed E-state index contributed by atoms with van der Waals surface area (Å²) in [5, 5.41) is 11.3. The molecule has 1 aromatic carbocycles. The zero-order chi connectivity index (χ0) is 17.8. The van der Waals surface area contributed by atoms with Crippen LogP contribution in [0, 0.1) is 5.92 Å². The molecule has 1 aliphatic rings. The summed E-state index contributed by atoms with van der Waals surface area (Å²) in [6.07, 6.45) is 11.5. The molecule has 2 amide bonds. The van der Waals surface area contributed by atoms with Crippen molar-refractivity contribution in [3.63, 3.8) is 0 Å². The summed E-state index contributed by atoms with van der Waals surface area (Å²) in [5.74, 6) is 1.31. The summed E-state index contributed by atoms with van der Waals surface area (Å²) < 4.78 is 1.89. The zero-order valence-electron chi connectivity index (χ0n) is 14.6. The molecule has 6 nitrogen and oxygen atoms in total. The Morgan fingerprint density at radius 2 is 2.23 bits per heavy atom. The van der Waals surface area contributed by atoms with Crippen LogP contribution in [0.3, 0.4) is 0 Å². The van der Waals surface area contributed by atoms with Gasteiger partial charge in [0.15, 0.2) is 0 Å². The zero-order valence-corrected chi connectivity index (χ0v) is 14.6. The number of hydrogen-bond donors (Lipinski definition) is 3. The largest absolute Gasteiger partial charge is 0.361 e. The molecule has 1 aliphatic carbocycles. The van der Waals surface area contributed by atoms with Gasteiger partial charge in [0, 0.05) is 36.3 Å². The maximum Gasteiger partial charge on any atom is 0.320 e. The fourth-order valence-electron chi connectivity index (χ4n) is 3.49. The van der Waals surface area contributed by atoms with Gasteiger partial charge >= 0.3 is 6.03 Å². The van der Waals surface area contributed by atoms with E-state index in [2.05, 4.69) is 32.9 Å². The van der Waals surface area contributed by atoms with Gasteiger partial charge in [0.05, 0.1) is 6.20 Å². The molecule has 0 saturated carbocycles. The molecule has 6 heteroatoms. The van der Waals surface area contributed by atoms with Crippen LogP contribution in [0.15, 0.2) is 54.9 Å². The lowest BCUT2D eigenvalue weighted by molar-refractivity contribution is 0.251. The molecular weight excluding hydrogens is 326 g/mol. The highest BCUT2D eigenvalue weighted by Crippen LogP contribution is 2.21. The van der Waals surface area contributed by atoms with E-state index in [1.54, 1.807) is 6.20 Å². The Hall–Kier alpha value is -3.02. The van der Waals surface area contributed by atoms with Gasteiger partial charge in [-0.2, -0.15) is 5.10 Å². The molecule has 3 N–H and O–H groups in total. The highest BCUT2D eigenvalue weighted by molar-refractivity contribution is 5.89. The van der Waals surface area contributed by atoms with Gasteiger partial charge in [0.25, 0.3) is 0 Å². The first-order valence-corrected chi connectivity index (χ1v) is 9.06. The summed E-state index contributed by atoms with van der Waals surface area (Å²) in [7, 11) is 0. The first-order valence-electron chi connectivity index (χ1n) is 9.06. The normalized spacial score (nSPS) is 16.7. The first kappa shape index (κ1) is 16.4. The molecule has 0 spiro atoms. The molecule has 26 heavy (non-hydrogen) atoms. The molecular formula is C20H23N5O. The number of fused-ring (bicyclic) bond motifs is 1. The summed E-state index contributed by atoms with van der Waals surface area (Å²) in [4.78, 5) is 15.5. The van der Waals surface area contributed by atoms with Crippen LogP contribution in [0.2, 0.25) is 0 Å². The monoisotopic (exact) mass is 349 g/mol. The smallest absolute Gasteiger partial charge is 0.320 e. The Labute approximate surface area is 152 Å². The van der Waals surface area contributed by atoms with Crippen molar-refractivity contribution in [2.75, 3.05) is 5.32 Å². The van der Waals surface area contributed by atoms with Gasteiger partial charge in [-0.25, -0.2) is 9.48 Å². The summed E-state index contributed by atoms with van der Waals surface area (Å²) in [6, 6.07) is 9.68. The highest BCUT2D eigenvalue weighted by atomic mass is 16.2. The van der Waals surface area contributed by atoms with Crippen LogP contribution in [-0.4, -0.2) is 20.8 Å². The van der Waals surface area contributed by atoms with Gasteiger partial charge in [-0.3, -0.25) is 5.32 Å². The minimum absolute atomic E-state index is 0.220. The van der Waals surface area contributed by atoms with Crippen molar-refractivity contribution < 1.29 is 4.79 Å². The van der Waals surface area contributed by atoms with Crippen molar-refractivity contribution in [1.82, 2.24) is 20.1 Å². The number of hydrogen-bond acceptors (Lipinski definition) is 2. The lowest BCUT2D eigenvalue weighted by Crippen LogP contribution is -2.29. The van der Waals surface area contributed by atoms with Crippen LogP contribution >= 0.6 is 0 Å². The molecule has 0 fully saturated rings. The van der Waals surface area contributed by atoms with Crippen molar-refractivity contribution in [2.45, 2.75) is 32.4 Å². The molecule has 4 rings (SSSR count). The quantitative estimate of drug-likeness (QED) is 0.608. The van der Waals surface area contributed by atoms with E-state index in [-0.39, 0.29) is 6.03 Å². The Morgan fingerprint density at radius 3 is 3.12 bits per heavy atom. The van der Waals surface area contributed by atoms with Crippen molar-refractivity contribution in [3.8, 4) is 0 Å². The van der Waals surface area contributed by atoms with Crippen LogP contribution in [0.5, 0.6) is 0 Å². The first-order chi connectivity index (χ1) is 12.8. The van der Waals surface area contributed by atoms with E-state index in [0.717, 1.165) is 41.7 Å². The van der Waals surface area contributed by atoms with Crippen LogP contribution in [-0.2, 0) is 13.1 Å². The van der Waals surface area contributed by atoms with Gasteiger partial charge in [-0.05, 0) is 42.9 Å². The number of allylic oxidation sites excluding steroid dienone is 2. The highest BCUT2D eigenvalue weighted by Gasteiger charge is 2.14. The van der Waals surface area contributed by atoms with Crippen LogP contribution in [0.4, 0.5) is 10.6 Å². The summed E-state index contributed by atoms with van der Waals surface area (Å²) >= 11 is 0. The number of H-pyrrole nitrogens is 1. The number of amides is 2. The number of carbonyl (C=O) groups excluding carboxylic acids is 1. The van der Waals surface area contributed by atoms with Gasteiger partial charge < -0.3 is 10.3 Å². The maximum absolute atomic E-state index is 12.3. The Bertz CT molecular complexity index is 923. The number of aromatic nitrogens is 3. The Kier molecular flexibility index (Phi) is 4.73. The van der Waals surface area contributed by atoms with Crippen molar-refractivity contribution in [1.29, 1.82) is 0 Å². The molecule has 3 aromatic rings. The fourth-order valence-corrected chi connectivity index (χ4v) is 3.49. The van der Waals surface area contributed by atoms with Gasteiger partial charge in [0.1, 0.15) is 5.82 Å². The minimum Gasteiger partial charge on any atom is -0.361 e. The van der Waals surface area contributed by atoms with Gasteiger partial charge in [-0.1, -0.05) is 24.3 Å².